The first-order valence-electron chi connectivity index (χ1n) is 14.6. The quantitative estimate of drug-likeness (QED) is 0.315. The second kappa shape index (κ2) is 10.4. The molecule has 3 saturated heterocycles. The average molecular weight is 537 g/mol. The number of aliphatic hydroxyl groups excluding tert-OH is 1. The Bertz CT molecular complexity index is 1480. The van der Waals surface area contributed by atoms with Crippen LogP contribution in [-0.2, 0) is 10.2 Å². The molecule has 3 aliphatic heterocycles. The van der Waals surface area contributed by atoms with Crippen LogP contribution in [-0.4, -0.2) is 59.2 Å². The molecule has 0 saturated carbocycles. The van der Waals surface area contributed by atoms with Gasteiger partial charge in [-0.05, 0) is 74.4 Å². The van der Waals surface area contributed by atoms with Gasteiger partial charge in [-0.3, -0.25) is 9.89 Å². The van der Waals surface area contributed by atoms with E-state index in [0.29, 0.717) is 37.4 Å². The summed E-state index contributed by atoms with van der Waals surface area (Å²) in [7, 11) is 0. The summed E-state index contributed by atoms with van der Waals surface area (Å²) in [5.74, 6) is -0.0750. The molecule has 0 spiro atoms. The van der Waals surface area contributed by atoms with Gasteiger partial charge in [-0.15, -0.1) is 0 Å². The van der Waals surface area contributed by atoms with Crippen molar-refractivity contribution in [1.82, 2.24) is 15.5 Å². The van der Waals surface area contributed by atoms with Crippen LogP contribution in [0.3, 0.4) is 0 Å². The maximum absolute atomic E-state index is 13.4. The van der Waals surface area contributed by atoms with Crippen molar-refractivity contribution in [3.05, 3.63) is 83.9 Å². The van der Waals surface area contributed by atoms with Gasteiger partial charge in [0.2, 0.25) is 0 Å². The molecule has 3 fully saturated rings. The summed E-state index contributed by atoms with van der Waals surface area (Å²) >= 11 is 0. The Balaban J connectivity index is 1.11. The zero-order valence-electron chi connectivity index (χ0n) is 22.7. The minimum Gasteiger partial charge on any atom is -0.393 e. The number of amides is 1. The van der Waals surface area contributed by atoms with Crippen molar-refractivity contribution in [2.45, 2.75) is 62.1 Å². The number of aromatic amines is 1. The Morgan fingerprint density at radius 1 is 1.00 bits per heavy atom. The van der Waals surface area contributed by atoms with Crippen molar-refractivity contribution in [3.8, 4) is 11.3 Å². The van der Waals surface area contributed by atoms with Gasteiger partial charge in [-0.25, -0.2) is 0 Å². The summed E-state index contributed by atoms with van der Waals surface area (Å²) < 4.78 is 5.66. The topological polar surface area (TPSA) is 90.5 Å². The molecule has 2 bridgehead atoms. The lowest BCUT2D eigenvalue weighted by Gasteiger charge is -2.39. The van der Waals surface area contributed by atoms with Crippen LogP contribution in [0.25, 0.3) is 22.2 Å². The van der Waals surface area contributed by atoms with Gasteiger partial charge >= 0.3 is 0 Å². The number of fused-ring (bicyclic) bond motifs is 3. The molecule has 4 aromatic rings. The van der Waals surface area contributed by atoms with Gasteiger partial charge in [0, 0.05) is 59.5 Å². The van der Waals surface area contributed by atoms with Crippen molar-refractivity contribution < 1.29 is 14.6 Å². The average Bonchev–Trinajstić information content (AvgIpc) is 3.55. The molecule has 40 heavy (non-hydrogen) atoms. The summed E-state index contributed by atoms with van der Waals surface area (Å²) in [6, 6.07) is 25.7. The van der Waals surface area contributed by atoms with Crippen LogP contribution in [0.1, 0.15) is 54.4 Å². The van der Waals surface area contributed by atoms with Gasteiger partial charge in [0.15, 0.2) is 0 Å². The van der Waals surface area contributed by atoms with Crippen molar-refractivity contribution in [1.29, 1.82) is 0 Å². The van der Waals surface area contributed by atoms with Gasteiger partial charge in [0.05, 0.1) is 17.3 Å². The molecule has 3 N–H and O–H groups in total. The fourth-order valence-electron chi connectivity index (χ4n) is 7.21. The molecular weight excluding hydrogens is 500 g/mol. The summed E-state index contributed by atoms with van der Waals surface area (Å²) in [6.07, 6.45) is 5.61. The number of H-pyrrole nitrogens is 1. The van der Waals surface area contributed by atoms with Crippen molar-refractivity contribution in [2.75, 3.05) is 24.7 Å². The maximum atomic E-state index is 13.4. The lowest BCUT2D eigenvalue weighted by atomic mass is 9.74. The normalized spacial score (nSPS) is 23.8. The van der Waals surface area contributed by atoms with Gasteiger partial charge in [0.1, 0.15) is 0 Å². The molecule has 3 aromatic carbocycles. The monoisotopic (exact) mass is 536 g/mol. The molecule has 7 rings (SSSR count). The molecular formula is C33H36N4O3. The number of anilines is 1. The summed E-state index contributed by atoms with van der Waals surface area (Å²) in [6.45, 7) is 1.98. The first-order valence-corrected chi connectivity index (χ1v) is 14.6. The smallest absolute Gasteiger partial charge is 0.251 e. The van der Waals surface area contributed by atoms with Gasteiger partial charge in [-0.1, -0.05) is 42.5 Å². The number of rotatable bonds is 6. The molecule has 7 heteroatoms. The lowest BCUT2D eigenvalue weighted by Crippen LogP contribution is -2.44. The minimum atomic E-state index is -0.171. The molecule has 0 radical (unpaired) electrons. The predicted molar refractivity (Wildman–Crippen MR) is 157 cm³/mol. The van der Waals surface area contributed by atoms with Crippen LogP contribution in [0, 0.1) is 0 Å². The number of carbonyl (C=O) groups excluding carboxylic acids is 1. The van der Waals surface area contributed by atoms with Crippen LogP contribution in [0.4, 0.5) is 5.69 Å². The Morgan fingerprint density at radius 3 is 2.45 bits per heavy atom. The van der Waals surface area contributed by atoms with Crippen molar-refractivity contribution in [3.63, 3.8) is 0 Å². The molecule has 1 aromatic heterocycles. The fraction of sp³-hybridized carbons (Fsp3) is 0.394. The number of piperidine rings is 1. The maximum Gasteiger partial charge on any atom is 0.251 e. The third-order valence-electron chi connectivity index (χ3n) is 9.40. The molecule has 1 amide bonds. The zero-order valence-corrected chi connectivity index (χ0v) is 22.7. The van der Waals surface area contributed by atoms with Crippen molar-refractivity contribution >= 4 is 22.5 Å². The second-order valence-electron chi connectivity index (χ2n) is 11.7. The highest BCUT2D eigenvalue weighted by molar-refractivity contribution is 6.01. The number of hydrogen-bond acceptors (Lipinski definition) is 5. The summed E-state index contributed by atoms with van der Waals surface area (Å²) in [5, 5.41) is 22.1. The number of benzene rings is 3. The zero-order chi connectivity index (χ0) is 27.1. The van der Waals surface area contributed by atoms with Gasteiger partial charge in [-0.2, -0.15) is 5.10 Å². The van der Waals surface area contributed by atoms with Crippen LogP contribution in [0.2, 0.25) is 0 Å². The highest BCUT2D eigenvalue weighted by atomic mass is 16.5. The number of hydrogen-bond donors (Lipinski definition) is 3. The Labute approximate surface area is 234 Å². The van der Waals surface area contributed by atoms with E-state index in [9.17, 15) is 9.90 Å². The minimum absolute atomic E-state index is 0.0750. The summed E-state index contributed by atoms with van der Waals surface area (Å²) in [4.78, 5) is 15.9. The first kappa shape index (κ1) is 25.3. The number of aromatic nitrogens is 2. The van der Waals surface area contributed by atoms with Crippen LogP contribution in [0.15, 0.2) is 72.8 Å². The number of carbonyl (C=O) groups is 1. The number of ether oxygens (including phenoxy) is 1. The van der Waals surface area contributed by atoms with Crippen LogP contribution < -0.4 is 10.2 Å². The third kappa shape index (κ3) is 4.57. The van der Waals surface area contributed by atoms with E-state index >= 15 is 0 Å². The standard InChI is InChI=1S/C33H36N4O3/c38-28-19-26-11-12-27(20-28)37(26)25-9-6-22(7-10-25)31-29-18-23(8-13-30(29)35-36-31)32(39)34-21-33(14-16-40-17-15-33)24-4-2-1-3-5-24/h1-10,13,18,26-28,38H,11-12,14-17,19-21H2,(H,34,39)(H,35,36)/t26-,27+,28+. The molecule has 0 aliphatic carbocycles. The molecule has 206 valence electrons. The fourth-order valence-corrected chi connectivity index (χ4v) is 7.21. The highest BCUT2D eigenvalue weighted by Gasteiger charge is 2.40. The van der Waals surface area contributed by atoms with E-state index in [1.165, 1.54) is 11.3 Å². The third-order valence-corrected chi connectivity index (χ3v) is 9.40. The van der Waals surface area contributed by atoms with Gasteiger partial charge in [0.25, 0.3) is 5.91 Å². The molecule has 4 heterocycles. The largest absolute Gasteiger partial charge is 0.393 e. The van der Waals surface area contributed by atoms with E-state index in [2.05, 4.69) is 68.9 Å². The number of aliphatic hydroxyl groups is 1. The van der Waals surface area contributed by atoms with Crippen LogP contribution >= 0.6 is 0 Å². The molecule has 3 atom stereocenters. The van der Waals surface area contributed by atoms with Gasteiger partial charge < -0.3 is 20.1 Å². The van der Waals surface area contributed by atoms with E-state index in [0.717, 1.165) is 60.7 Å². The Kier molecular flexibility index (Phi) is 6.56. The van der Waals surface area contributed by atoms with Crippen LogP contribution in [0.5, 0.6) is 0 Å². The van der Waals surface area contributed by atoms with E-state index < -0.39 is 0 Å². The SMILES string of the molecule is O=C(NCC1(c2ccccc2)CCOCC1)c1ccc2[nH]nc(-c3ccc(N4[C@@H]5CC[C@H]4C[C@@H](O)C5)cc3)c2c1. The first-order chi connectivity index (χ1) is 19.6. The molecule has 0 unspecified atom stereocenters. The second-order valence-corrected chi connectivity index (χ2v) is 11.7. The van der Waals surface area contributed by atoms with E-state index in [1.54, 1.807) is 0 Å². The van der Waals surface area contributed by atoms with E-state index in [1.807, 2.05) is 24.3 Å². The predicted octanol–water partition coefficient (Wildman–Crippen LogP) is 5.20. The lowest BCUT2D eigenvalue weighted by molar-refractivity contribution is 0.0487. The van der Waals surface area contributed by atoms with E-state index in [-0.39, 0.29) is 17.4 Å². The number of nitrogens with one attached hydrogen (secondary N) is 2. The number of nitrogens with zero attached hydrogens (tertiary/aromatic N) is 2. The van der Waals surface area contributed by atoms with Crippen molar-refractivity contribution in [2.24, 2.45) is 0 Å². The summed E-state index contributed by atoms with van der Waals surface area (Å²) in [5.41, 5.74) is 5.75. The van der Waals surface area contributed by atoms with E-state index in [4.69, 9.17) is 4.74 Å². The molecule has 3 aliphatic rings. The highest BCUT2D eigenvalue weighted by Crippen LogP contribution is 2.40. The Hall–Kier alpha value is -3.68. The Morgan fingerprint density at radius 2 is 1.73 bits per heavy atom. The molecule has 7 nitrogen and oxygen atoms in total.